The average Bonchev–Trinajstić information content (AvgIpc) is 2.99. The molecule has 0 atom stereocenters. The molecule has 8 nitrogen and oxygen atoms in total. The third kappa shape index (κ3) is 4.73. The van der Waals surface area contributed by atoms with Crippen molar-refractivity contribution in [1.29, 1.82) is 0 Å². The summed E-state index contributed by atoms with van der Waals surface area (Å²) in [5.74, 6) is 5.99. The summed E-state index contributed by atoms with van der Waals surface area (Å²) in [7, 11) is 1.48. The summed E-state index contributed by atoms with van der Waals surface area (Å²) in [6, 6.07) is 7.51. The number of hydrogen-bond acceptors (Lipinski definition) is 7. The molecule has 1 fully saturated rings. The number of thiocarbonyl (C=S) groups is 1. The van der Waals surface area contributed by atoms with E-state index in [0.29, 0.717) is 25.5 Å². The quantitative estimate of drug-likeness (QED) is 0.326. The fourth-order valence-electron chi connectivity index (χ4n) is 2.03. The van der Waals surface area contributed by atoms with Gasteiger partial charge in [-0.25, -0.2) is 5.84 Å². The van der Waals surface area contributed by atoms with Crippen LogP contribution < -0.4 is 32.1 Å². The van der Waals surface area contributed by atoms with Crippen LogP contribution in [0.2, 0.25) is 0 Å². The summed E-state index contributed by atoms with van der Waals surface area (Å²) in [5, 5.41) is 7.27. The third-order valence-electron chi connectivity index (χ3n) is 3.24. The molecule has 0 radical (unpaired) electrons. The molecule has 0 aromatic heterocycles. The van der Waals surface area contributed by atoms with Gasteiger partial charge in [0, 0.05) is 17.6 Å². The predicted molar refractivity (Wildman–Crippen MR) is 93.3 cm³/mol. The first kappa shape index (κ1) is 16.8. The van der Waals surface area contributed by atoms with Crippen molar-refractivity contribution in [2.24, 2.45) is 11.6 Å². The van der Waals surface area contributed by atoms with Crippen molar-refractivity contribution in [2.45, 2.75) is 0 Å². The van der Waals surface area contributed by atoms with Crippen LogP contribution in [-0.4, -0.2) is 37.9 Å². The number of nitrogens with two attached hydrogens (primary N) is 2. The zero-order chi connectivity index (χ0) is 16.8. The van der Waals surface area contributed by atoms with Crippen LogP contribution in [0.4, 0.5) is 11.4 Å². The van der Waals surface area contributed by atoms with E-state index in [1.807, 2.05) is 29.2 Å². The summed E-state index contributed by atoms with van der Waals surface area (Å²) in [6.07, 6.45) is 1.60. The van der Waals surface area contributed by atoms with E-state index in [1.54, 1.807) is 6.20 Å². The first-order valence-corrected chi connectivity index (χ1v) is 7.34. The Morgan fingerprint density at radius 2 is 2.22 bits per heavy atom. The highest BCUT2D eigenvalue weighted by Gasteiger charge is 2.18. The molecule has 0 saturated carbocycles. The SMILES string of the molecule is COC(=S)NC/C(N)=C/N(N)c1ccc(N2CNC(=O)C2)cc1. The van der Waals surface area contributed by atoms with Gasteiger partial charge in [-0.15, -0.1) is 0 Å². The van der Waals surface area contributed by atoms with E-state index in [2.05, 4.69) is 10.6 Å². The summed E-state index contributed by atoms with van der Waals surface area (Å²) >= 11 is 4.86. The highest BCUT2D eigenvalue weighted by molar-refractivity contribution is 7.80. The molecule has 6 N–H and O–H groups in total. The molecular formula is C14H20N6O2S. The van der Waals surface area contributed by atoms with Gasteiger partial charge in [-0.1, -0.05) is 0 Å². The molecule has 1 amide bonds. The maximum absolute atomic E-state index is 11.2. The predicted octanol–water partition coefficient (Wildman–Crippen LogP) is -0.419. The smallest absolute Gasteiger partial charge is 0.256 e. The van der Waals surface area contributed by atoms with Crippen LogP contribution in [-0.2, 0) is 9.53 Å². The number of methoxy groups -OCH3 is 1. The zero-order valence-corrected chi connectivity index (χ0v) is 13.6. The van der Waals surface area contributed by atoms with E-state index in [-0.39, 0.29) is 11.1 Å². The van der Waals surface area contributed by atoms with Crippen LogP contribution in [0.5, 0.6) is 0 Å². The van der Waals surface area contributed by atoms with Gasteiger partial charge in [-0.3, -0.25) is 9.80 Å². The van der Waals surface area contributed by atoms with E-state index in [0.717, 1.165) is 11.4 Å². The van der Waals surface area contributed by atoms with Crippen LogP contribution in [0.3, 0.4) is 0 Å². The van der Waals surface area contributed by atoms with Gasteiger partial charge in [-0.05, 0) is 36.5 Å². The zero-order valence-electron chi connectivity index (χ0n) is 12.8. The second kappa shape index (κ2) is 7.65. The van der Waals surface area contributed by atoms with Gasteiger partial charge >= 0.3 is 0 Å². The minimum atomic E-state index is 0.0201. The summed E-state index contributed by atoms with van der Waals surface area (Å²) in [4.78, 5) is 13.2. The summed E-state index contributed by atoms with van der Waals surface area (Å²) < 4.78 is 4.82. The van der Waals surface area contributed by atoms with Gasteiger partial charge in [-0.2, -0.15) is 0 Å². The molecule has 0 aliphatic carbocycles. The lowest BCUT2D eigenvalue weighted by molar-refractivity contribution is -0.118. The maximum atomic E-state index is 11.2. The molecule has 2 rings (SSSR count). The second-order valence-electron chi connectivity index (χ2n) is 4.93. The highest BCUT2D eigenvalue weighted by Crippen LogP contribution is 2.20. The van der Waals surface area contributed by atoms with Crippen molar-refractivity contribution in [3.05, 3.63) is 36.2 Å². The molecule has 0 unspecified atom stereocenters. The number of ether oxygens (including phenoxy) is 1. The molecule has 1 aromatic carbocycles. The Labute approximate surface area is 140 Å². The Hall–Kier alpha value is -2.52. The number of hydrogen-bond donors (Lipinski definition) is 4. The average molecular weight is 336 g/mol. The van der Waals surface area contributed by atoms with E-state index >= 15 is 0 Å². The molecular weight excluding hydrogens is 316 g/mol. The van der Waals surface area contributed by atoms with Gasteiger partial charge in [0.25, 0.3) is 5.17 Å². The lowest BCUT2D eigenvalue weighted by Crippen LogP contribution is -2.31. The van der Waals surface area contributed by atoms with Gasteiger partial charge in [0.15, 0.2) is 0 Å². The normalized spacial score (nSPS) is 14.4. The Balaban J connectivity index is 1.95. The summed E-state index contributed by atoms with van der Waals surface area (Å²) in [6.45, 7) is 1.21. The van der Waals surface area contributed by atoms with Crippen molar-refractivity contribution in [3.8, 4) is 0 Å². The number of anilines is 2. The lowest BCUT2D eigenvalue weighted by atomic mass is 10.2. The molecule has 0 spiro atoms. The van der Waals surface area contributed by atoms with Crippen LogP contribution in [0, 0.1) is 0 Å². The van der Waals surface area contributed by atoms with Crippen molar-refractivity contribution in [2.75, 3.05) is 36.8 Å². The van der Waals surface area contributed by atoms with Crippen LogP contribution >= 0.6 is 12.2 Å². The Morgan fingerprint density at radius 1 is 1.52 bits per heavy atom. The monoisotopic (exact) mass is 336 g/mol. The van der Waals surface area contributed by atoms with Crippen LogP contribution in [0.25, 0.3) is 0 Å². The number of nitrogens with zero attached hydrogens (tertiary/aromatic N) is 2. The Bertz CT molecular complexity index is 604. The van der Waals surface area contributed by atoms with Crippen LogP contribution in [0.15, 0.2) is 36.2 Å². The van der Waals surface area contributed by atoms with Gasteiger partial charge in [0.05, 0.1) is 32.6 Å². The van der Waals surface area contributed by atoms with Crippen molar-refractivity contribution < 1.29 is 9.53 Å². The molecule has 1 heterocycles. The minimum Gasteiger partial charge on any atom is -0.474 e. The number of hydrazine groups is 1. The Morgan fingerprint density at radius 3 is 2.78 bits per heavy atom. The molecule has 124 valence electrons. The fraction of sp³-hybridized carbons (Fsp3) is 0.286. The third-order valence-corrected chi connectivity index (χ3v) is 3.55. The van der Waals surface area contributed by atoms with Gasteiger partial charge < -0.3 is 26.0 Å². The Kier molecular flexibility index (Phi) is 5.61. The topological polar surface area (TPSA) is 109 Å². The molecule has 1 aliphatic heterocycles. The molecule has 0 bridgehead atoms. The number of amides is 1. The summed E-state index contributed by atoms with van der Waals surface area (Å²) in [5.41, 5.74) is 8.09. The van der Waals surface area contributed by atoms with Gasteiger partial charge in [0.1, 0.15) is 0 Å². The van der Waals surface area contributed by atoms with E-state index in [4.69, 9.17) is 28.5 Å². The van der Waals surface area contributed by atoms with Crippen LogP contribution in [0.1, 0.15) is 0 Å². The number of nitrogens with one attached hydrogen (secondary N) is 2. The second-order valence-corrected chi connectivity index (χ2v) is 5.30. The first-order valence-electron chi connectivity index (χ1n) is 6.93. The highest BCUT2D eigenvalue weighted by atomic mass is 32.1. The fourth-order valence-corrected chi connectivity index (χ4v) is 2.10. The number of carbonyl (C=O) groups is 1. The maximum Gasteiger partial charge on any atom is 0.256 e. The van der Waals surface area contributed by atoms with E-state index < -0.39 is 0 Å². The largest absolute Gasteiger partial charge is 0.474 e. The van der Waals surface area contributed by atoms with Gasteiger partial charge in [0.2, 0.25) is 5.91 Å². The minimum absolute atomic E-state index is 0.0201. The molecule has 1 saturated heterocycles. The van der Waals surface area contributed by atoms with Crippen molar-refractivity contribution >= 4 is 34.7 Å². The van der Waals surface area contributed by atoms with Crippen molar-refractivity contribution in [1.82, 2.24) is 10.6 Å². The first-order chi connectivity index (χ1) is 11.0. The molecule has 23 heavy (non-hydrogen) atoms. The van der Waals surface area contributed by atoms with E-state index in [9.17, 15) is 4.79 Å². The van der Waals surface area contributed by atoms with E-state index in [1.165, 1.54) is 12.1 Å². The molecule has 1 aromatic rings. The molecule has 1 aliphatic rings. The standard InChI is InChI=1S/C14H20N6O2S/c1-22-14(23)17-6-10(15)7-20(16)12-4-2-11(3-5-12)19-8-13(21)18-9-19/h2-5,7H,6,8-9,15-16H2,1H3,(H,17,23)(H,18,21)/b10-7-. The lowest BCUT2D eigenvalue weighted by Gasteiger charge is -2.19. The number of carbonyl (C=O) groups excluding carboxylic acids is 1. The number of rotatable bonds is 5. The number of benzene rings is 1. The van der Waals surface area contributed by atoms with Crippen molar-refractivity contribution in [3.63, 3.8) is 0 Å². The molecule has 9 heteroatoms.